The summed E-state index contributed by atoms with van der Waals surface area (Å²) in [5.41, 5.74) is 0.726. The Morgan fingerprint density at radius 3 is 2.94 bits per heavy atom. The quantitative estimate of drug-likeness (QED) is 0.796. The lowest BCUT2D eigenvalue weighted by Crippen LogP contribution is -2.30. The minimum absolute atomic E-state index is 0.265. The summed E-state index contributed by atoms with van der Waals surface area (Å²) in [6.45, 7) is 2.14. The molecule has 0 aliphatic heterocycles. The molecule has 0 bridgehead atoms. The van der Waals surface area contributed by atoms with E-state index in [2.05, 4.69) is 26.6 Å². The average molecular weight is 287 g/mol. The number of aliphatic hydroxyl groups excluding tert-OH is 1. The van der Waals surface area contributed by atoms with E-state index < -0.39 is 6.10 Å². The summed E-state index contributed by atoms with van der Waals surface area (Å²) in [5.74, 6) is 0. The zero-order valence-electron chi connectivity index (χ0n) is 9.03. The van der Waals surface area contributed by atoms with E-state index in [0.29, 0.717) is 13.0 Å². The number of halogens is 1. The number of benzene rings is 1. The highest BCUT2D eigenvalue weighted by atomic mass is 79.9. The van der Waals surface area contributed by atoms with E-state index in [0.717, 1.165) is 10.2 Å². The van der Waals surface area contributed by atoms with Crippen molar-refractivity contribution in [2.24, 2.45) is 0 Å². The zero-order chi connectivity index (χ0) is 12.0. The van der Waals surface area contributed by atoms with Crippen LogP contribution in [-0.4, -0.2) is 23.8 Å². The first-order valence-corrected chi connectivity index (χ1v) is 5.85. The Balaban J connectivity index is 2.34. The summed E-state index contributed by atoms with van der Waals surface area (Å²) in [5, 5.41) is 14.4. The average Bonchev–Trinajstić information content (AvgIpc) is 2.16. The molecule has 0 saturated carbocycles. The van der Waals surface area contributed by atoms with Gasteiger partial charge in [-0.25, -0.2) is 4.79 Å². The van der Waals surface area contributed by atoms with E-state index in [1.807, 2.05) is 18.2 Å². The molecule has 0 spiro atoms. The Kier molecular flexibility index (Phi) is 5.28. The number of nitrogens with one attached hydrogen (secondary N) is 2. The van der Waals surface area contributed by atoms with E-state index in [4.69, 9.17) is 5.11 Å². The molecule has 16 heavy (non-hydrogen) atoms. The highest BCUT2D eigenvalue weighted by Gasteiger charge is 2.02. The second-order valence-electron chi connectivity index (χ2n) is 3.53. The third-order valence-electron chi connectivity index (χ3n) is 1.93. The maximum absolute atomic E-state index is 11.4. The molecule has 5 heteroatoms. The molecule has 0 fully saturated rings. The molecule has 2 amide bonds. The van der Waals surface area contributed by atoms with Crippen molar-refractivity contribution in [3.05, 3.63) is 28.7 Å². The monoisotopic (exact) mass is 286 g/mol. The van der Waals surface area contributed by atoms with Gasteiger partial charge in [-0.1, -0.05) is 22.0 Å². The second kappa shape index (κ2) is 6.50. The minimum Gasteiger partial charge on any atom is -0.393 e. The Morgan fingerprint density at radius 2 is 2.31 bits per heavy atom. The first kappa shape index (κ1) is 13.0. The Morgan fingerprint density at radius 1 is 1.56 bits per heavy atom. The van der Waals surface area contributed by atoms with E-state index >= 15 is 0 Å². The topological polar surface area (TPSA) is 61.4 Å². The number of rotatable bonds is 4. The van der Waals surface area contributed by atoms with Crippen molar-refractivity contribution in [1.82, 2.24) is 5.32 Å². The van der Waals surface area contributed by atoms with Crippen LogP contribution in [0.15, 0.2) is 28.7 Å². The summed E-state index contributed by atoms with van der Waals surface area (Å²) in [6, 6.07) is 7.08. The number of amides is 2. The molecule has 0 aliphatic rings. The highest BCUT2D eigenvalue weighted by Crippen LogP contribution is 2.15. The molecule has 1 unspecified atom stereocenters. The lowest BCUT2D eigenvalue weighted by Gasteiger charge is -2.08. The number of urea groups is 1. The molecular formula is C11H15BrN2O2. The third kappa shape index (κ3) is 5.14. The van der Waals surface area contributed by atoms with Gasteiger partial charge in [0, 0.05) is 16.7 Å². The highest BCUT2D eigenvalue weighted by molar-refractivity contribution is 9.10. The number of aliphatic hydroxyl groups is 1. The van der Waals surface area contributed by atoms with Gasteiger partial charge in [0.25, 0.3) is 0 Å². The lowest BCUT2D eigenvalue weighted by atomic mass is 10.3. The van der Waals surface area contributed by atoms with Crippen LogP contribution in [0.3, 0.4) is 0 Å². The fourth-order valence-corrected chi connectivity index (χ4v) is 1.54. The van der Waals surface area contributed by atoms with Crippen LogP contribution in [0, 0.1) is 0 Å². The van der Waals surface area contributed by atoms with Crippen LogP contribution in [0.4, 0.5) is 10.5 Å². The van der Waals surface area contributed by atoms with Crippen molar-refractivity contribution in [2.45, 2.75) is 19.4 Å². The molecule has 1 rings (SSSR count). The van der Waals surface area contributed by atoms with Crippen molar-refractivity contribution in [3.63, 3.8) is 0 Å². The molecule has 1 atom stereocenters. The standard InChI is InChI=1S/C11H15BrN2O2/c1-8(15)5-6-13-11(16)14-10-4-2-3-9(12)7-10/h2-4,7-8,15H,5-6H2,1H3,(H2,13,14,16). The molecule has 3 N–H and O–H groups in total. The van der Waals surface area contributed by atoms with Crippen LogP contribution in [0.5, 0.6) is 0 Å². The molecule has 0 heterocycles. The zero-order valence-corrected chi connectivity index (χ0v) is 10.6. The van der Waals surface area contributed by atoms with Gasteiger partial charge in [0.05, 0.1) is 6.10 Å². The number of hydrogen-bond acceptors (Lipinski definition) is 2. The summed E-state index contributed by atoms with van der Waals surface area (Å²) >= 11 is 3.32. The molecular weight excluding hydrogens is 272 g/mol. The van der Waals surface area contributed by atoms with Gasteiger partial charge in [0.15, 0.2) is 0 Å². The molecule has 1 aromatic rings. The maximum Gasteiger partial charge on any atom is 0.319 e. The molecule has 0 aliphatic carbocycles. The number of carbonyl (C=O) groups is 1. The molecule has 0 saturated heterocycles. The molecule has 88 valence electrons. The molecule has 0 radical (unpaired) electrons. The van der Waals surface area contributed by atoms with Crippen LogP contribution < -0.4 is 10.6 Å². The van der Waals surface area contributed by atoms with Crippen molar-refractivity contribution in [3.8, 4) is 0 Å². The van der Waals surface area contributed by atoms with Crippen LogP contribution >= 0.6 is 15.9 Å². The van der Waals surface area contributed by atoms with Gasteiger partial charge in [-0.15, -0.1) is 0 Å². The van der Waals surface area contributed by atoms with E-state index in [-0.39, 0.29) is 6.03 Å². The minimum atomic E-state index is -0.397. The first-order chi connectivity index (χ1) is 7.58. The fraction of sp³-hybridized carbons (Fsp3) is 0.364. The SMILES string of the molecule is CC(O)CCNC(=O)Nc1cccc(Br)c1. The predicted octanol–water partition coefficient (Wildman–Crippen LogP) is 2.34. The van der Waals surface area contributed by atoms with Gasteiger partial charge in [0.2, 0.25) is 0 Å². The van der Waals surface area contributed by atoms with Crippen LogP contribution in [-0.2, 0) is 0 Å². The van der Waals surface area contributed by atoms with Crippen molar-refractivity contribution in [1.29, 1.82) is 0 Å². The maximum atomic E-state index is 11.4. The van der Waals surface area contributed by atoms with Crippen LogP contribution in [0.2, 0.25) is 0 Å². The van der Waals surface area contributed by atoms with Crippen molar-refractivity contribution < 1.29 is 9.90 Å². The van der Waals surface area contributed by atoms with Gasteiger partial charge in [0.1, 0.15) is 0 Å². The van der Waals surface area contributed by atoms with E-state index in [9.17, 15) is 4.79 Å². The van der Waals surface area contributed by atoms with Gasteiger partial charge in [-0.2, -0.15) is 0 Å². The normalized spacial score (nSPS) is 11.9. The van der Waals surface area contributed by atoms with Gasteiger partial charge < -0.3 is 15.7 Å². The van der Waals surface area contributed by atoms with Crippen LogP contribution in [0.25, 0.3) is 0 Å². The largest absolute Gasteiger partial charge is 0.393 e. The van der Waals surface area contributed by atoms with E-state index in [1.54, 1.807) is 13.0 Å². The van der Waals surface area contributed by atoms with Crippen molar-refractivity contribution in [2.75, 3.05) is 11.9 Å². The third-order valence-corrected chi connectivity index (χ3v) is 2.42. The van der Waals surface area contributed by atoms with Gasteiger partial charge >= 0.3 is 6.03 Å². The van der Waals surface area contributed by atoms with Gasteiger partial charge in [-0.3, -0.25) is 0 Å². The van der Waals surface area contributed by atoms with E-state index in [1.165, 1.54) is 0 Å². The smallest absolute Gasteiger partial charge is 0.319 e. The number of carbonyl (C=O) groups excluding carboxylic acids is 1. The predicted molar refractivity (Wildman–Crippen MR) is 67.5 cm³/mol. The number of hydrogen-bond donors (Lipinski definition) is 3. The van der Waals surface area contributed by atoms with Gasteiger partial charge in [-0.05, 0) is 31.5 Å². The van der Waals surface area contributed by atoms with Crippen molar-refractivity contribution >= 4 is 27.6 Å². The summed E-state index contributed by atoms with van der Waals surface area (Å²) in [7, 11) is 0. The molecule has 4 nitrogen and oxygen atoms in total. The molecule has 1 aromatic carbocycles. The second-order valence-corrected chi connectivity index (χ2v) is 4.44. The summed E-state index contributed by atoms with van der Waals surface area (Å²) < 4.78 is 0.911. The summed E-state index contributed by atoms with van der Waals surface area (Å²) in [4.78, 5) is 11.4. The lowest BCUT2D eigenvalue weighted by molar-refractivity contribution is 0.184. The Labute approximate surface area is 103 Å². The summed E-state index contributed by atoms with van der Waals surface area (Å²) in [6.07, 6.45) is 0.150. The fourth-order valence-electron chi connectivity index (χ4n) is 1.14. The first-order valence-electron chi connectivity index (χ1n) is 5.06. The van der Waals surface area contributed by atoms with Crippen LogP contribution in [0.1, 0.15) is 13.3 Å². The molecule has 0 aromatic heterocycles. The number of anilines is 1. The Bertz CT molecular complexity index is 356. The Hall–Kier alpha value is -1.07.